The van der Waals surface area contributed by atoms with Crippen LogP contribution in [0.4, 0.5) is 10.1 Å². The standard InChI is InChI=1S/C20H21FN2O3/c1-14-11-18(25)23(17-9-7-16(21)8-10-17)20(14,13-24)19(26)22-12-15-5-3-2-4-6-15/h2-10,14,24H,11-13H2,1H3,(H,22,26). The number of benzene rings is 2. The highest BCUT2D eigenvalue weighted by Crippen LogP contribution is 2.39. The van der Waals surface area contributed by atoms with Crippen LogP contribution in [0.5, 0.6) is 0 Å². The van der Waals surface area contributed by atoms with Crippen LogP contribution in [0.2, 0.25) is 0 Å². The first-order valence-corrected chi connectivity index (χ1v) is 8.50. The quantitative estimate of drug-likeness (QED) is 0.863. The first-order chi connectivity index (χ1) is 12.5. The summed E-state index contributed by atoms with van der Waals surface area (Å²) in [4.78, 5) is 26.9. The van der Waals surface area contributed by atoms with Crippen molar-refractivity contribution in [2.24, 2.45) is 5.92 Å². The van der Waals surface area contributed by atoms with Crippen molar-refractivity contribution < 1.29 is 19.1 Å². The van der Waals surface area contributed by atoms with Gasteiger partial charge < -0.3 is 10.4 Å². The number of aliphatic hydroxyl groups is 1. The lowest BCUT2D eigenvalue weighted by Crippen LogP contribution is -2.62. The number of hydrogen-bond donors (Lipinski definition) is 2. The molecule has 1 aliphatic rings. The van der Waals surface area contributed by atoms with Gasteiger partial charge in [0.15, 0.2) is 5.54 Å². The summed E-state index contributed by atoms with van der Waals surface area (Å²) in [6.07, 6.45) is 0.136. The van der Waals surface area contributed by atoms with Crippen molar-refractivity contribution in [3.8, 4) is 0 Å². The lowest BCUT2D eigenvalue weighted by atomic mass is 9.85. The fourth-order valence-corrected chi connectivity index (χ4v) is 3.48. The van der Waals surface area contributed by atoms with Gasteiger partial charge in [-0.15, -0.1) is 0 Å². The van der Waals surface area contributed by atoms with Gasteiger partial charge in [-0.1, -0.05) is 37.3 Å². The molecule has 3 rings (SSSR count). The summed E-state index contributed by atoms with van der Waals surface area (Å²) in [5.41, 5.74) is -0.104. The minimum atomic E-state index is -1.41. The number of halogens is 1. The average Bonchev–Trinajstić information content (AvgIpc) is 2.91. The molecule has 0 spiro atoms. The number of hydrogen-bond acceptors (Lipinski definition) is 3. The van der Waals surface area contributed by atoms with Crippen molar-refractivity contribution in [3.63, 3.8) is 0 Å². The Bertz CT molecular complexity index is 794. The zero-order valence-electron chi connectivity index (χ0n) is 14.5. The third-order valence-electron chi connectivity index (χ3n) is 4.96. The van der Waals surface area contributed by atoms with Crippen LogP contribution in [0.25, 0.3) is 0 Å². The van der Waals surface area contributed by atoms with Gasteiger partial charge >= 0.3 is 0 Å². The zero-order valence-corrected chi connectivity index (χ0v) is 14.5. The molecule has 1 saturated heterocycles. The molecular weight excluding hydrogens is 335 g/mol. The molecule has 6 heteroatoms. The maximum Gasteiger partial charge on any atom is 0.249 e. The zero-order chi connectivity index (χ0) is 18.7. The Balaban J connectivity index is 1.91. The first kappa shape index (κ1) is 18.1. The Hall–Kier alpha value is -2.73. The average molecular weight is 356 g/mol. The second-order valence-corrected chi connectivity index (χ2v) is 6.56. The van der Waals surface area contributed by atoms with E-state index in [-0.39, 0.29) is 18.2 Å². The molecule has 2 aromatic carbocycles. The second kappa shape index (κ2) is 7.25. The van der Waals surface area contributed by atoms with E-state index >= 15 is 0 Å². The second-order valence-electron chi connectivity index (χ2n) is 6.56. The number of carbonyl (C=O) groups is 2. The van der Waals surface area contributed by atoms with Crippen molar-refractivity contribution in [2.45, 2.75) is 25.4 Å². The molecule has 2 aromatic rings. The molecule has 2 unspecified atom stereocenters. The summed E-state index contributed by atoms with van der Waals surface area (Å²) < 4.78 is 13.3. The smallest absolute Gasteiger partial charge is 0.249 e. The Morgan fingerprint density at radius 2 is 1.88 bits per heavy atom. The monoisotopic (exact) mass is 356 g/mol. The maximum atomic E-state index is 13.3. The molecule has 2 amide bonds. The van der Waals surface area contributed by atoms with Gasteiger partial charge in [-0.2, -0.15) is 0 Å². The molecule has 136 valence electrons. The van der Waals surface area contributed by atoms with Crippen LogP contribution in [0.15, 0.2) is 54.6 Å². The van der Waals surface area contributed by atoms with Gasteiger partial charge in [0.1, 0.15) is 5.82 Å². The molecule has 0 aromatic heterocycles. The van der Waals surface area contributed by atoms with Crippen molar-refractivity contribution >= 4 is 17.5 Å². The molecule has 0 aliphatic carbocycles. The van der Waals surface area contributed by atoms with E-state index in [0.717, 1.165) is 5.56 Å². The molecule has 1 heterocycles. The first-order valence-electron chi connectivity index (χ1n) is 8.50. The Morgan fingerprint density at radius 3 is 2.50 bits per heavy atom. The predicted octanol–water partition coefficient (Wildman–Crippen LogP) is 2.25. The number of amides is 2. The van der Waals surface area contributed by atoms with Gasteiger partial charge in [0.25, 0.3) is 0 Å². The summed E-state index contributed by atoms with van der Waals surface area (Å²) in [6.45, 7) is 1.54. The number of nitrogens with one attached hydrogen (secondary N) is 1. The van der Waals surface area contributed by atoms with Crippen LogP contribution in [-0.2, 0) is 16.1 Å². The van der Waals surface area contributed by atoms with E-state index in [1.165, 1.54) is 29.2 Å². The number of carbonyl (C=O) groups excluding carboxylic acids is 2. The summed E-state index contributed by atoms with van der Waals surface area (Å²) in [7, 11) is 0. The third kappa shape index (κ3) is 3.08. The van der Waals surface area contributed by atoms with Gasteiger partial charge in [0, 0.05) is 18.7 Å². The summed E-state index contributed by atoms with van der Waals surface area (Å²) in [5, 5.41) is 13.0. The molecular formula is C20H21FN2O3. The third-order valence-corrected chi connectivity index (χ3v) is 4.96. The summed E-state index contributed by atoms with van der Waals surface area (Å²) in [6, 6.07) is 14.7. The van der Waals surface area contributed by atoms with E-state index in [4.69, 9.17) is 0 Å². The van der Waals surface area contributed by atoms with Crippen LogP contribution in [0, 0.1) is 11.7 Å². The van der Waals surface area contributed by atoms with Gasteiger partial charge in [-0.05, 0) is 35.7 Å². The largest absolute Gasteiger partial charge is 0.393 e. The molecule has 2 N–H and O–H groups in total. The van der Waals surface area contributed by atoms with Gasteiger partial charge in [0.05, 0.1) is 6.61 Å². The van der Waals surface area contributed by atoms with Crippen molar-refractivity contribution in [1.82, 2.24) is 5.32 Å². The highest BCUT2D eigenvalue weighted by atomic mass is 19.1. The number of anilines is 1. The van der Waals surface area contributed by atoms with Crippen LogP contribution < -0.4 is 10.2 Å². The van der Waals surface area contributed by atoms with Crippen LogP contribution in [-0.4, -0.2) is 29.1 Å². The highest BCUT2D eigenvalue weighted by Gasteiger charge is 2.56. The van der Waals surface area contributed by atoms with E-state index in [9.17, 15) is 19.1 Å². The Labute approximate surface area is 151 Å². The lowest BCUT2D eigenvalue weighted by Gasteiger charge is -2.38. The van der Waals surface area contributed by atoms with Crippen LogP contribution in [0.1, 0.15) is 18.9 Å². The Morgan fingerprint density at radius 1 is 1.23 bits per heavy atom. The lowest BCUT2D eigenvalue weighted by molar-refractivity contribution is -0.130. The minimum Gasteiger partial charge on any atom is -0.393 e. The Kier molecular flexibility index (Phi) is 5.04. The van der Waals surface area contributed by atoms with E-state index in [0.29, 0.717) is 12.2 Å². The molecule has 5 nitrogen and oxygen atoms in total. The fourth-order valence-electron chi connectivity index (χ4n) is 3.48. The molecule has 1 aliphatic heterocycles. The normalized spacial score (nSPS) is 22.5. The van der Waals surface area contributed by atoms with E-state index in [1.807, 2.05) is 30.3 Å². The molecule has 26 heavy (non-hydrogen) atoms. The van der Waals surface area contributed by atoms with Gasteiger partial charge in [-0.3, -0.25) is 14.5 Å². The van der Waals surface area contributed by atoms with Crippen LogP contribution >= 0.6 is 0 Å². The highest BCUT2D eigenvalue weighted by molar-refractivity contribution is 6.07. The molecule has 2 atom stereocenters. The fraction of sp³-hybridized carbons (Fsp3) is 0.300. The van der Waals surface area contributed by atoms with Crippen molar-refractivity contribution in [1.29, 1.82) is 0 Å². The predicted molar refractivity (Wildman–Crippen MR) is 95.8 cm³/mol. The summed E-state index contributed by atoms with van der Waals surface area (Å²) >= 11 is 0. The number of aliphatic hydroxyl groups excluding tert-OH is 1. The topological polar surface area (TPSA) is 69.6 Å². The van der Waals surface area contributed by atoms with Gasteiger partial charge in [0.2, 0.25) is 11.8 Å². The van der Waals surface area contributed by atoms with E-state index < -0.39 is 23.9 Å². The van der Waals surface area contributed by atoms with Crippen molar-refractivity contribution in [3.05, 3.63) is 66.0 Å². The van der Waals surface area contributed by atoms with E-state index in [2.05, 4.69) is 5.32 Å². The molecule has 0 radical (unpaired) electrons. The number of nitrogens with zero attached hydrogens (tertiary/aromatic N) is 1. The van der Waals surface area contributed by atoms with Gasteiger partial charge in [-0.25, -0.2) is 4.39 Å². The van der Waals surface area contributed by atoms with E-state index in [1.54, 1.807) is 6.92 Å². The molecule has 1 fully saturated rings. The SMILES string of the molecule is CC1CC(=O)N(c2ccc(F)cc2)C1(CO)C(=O)NCc1ccccc1. The summed E-state index contributed by atoms with van der Waals surface area (Å²) in [5.74, 6) is -1.52. The van der Waals surface area contributed by atoms with Crippen LogP contribution in [0.3, 0.4) is 0 Å². The minimum absolute atomic E-state index is 0.136. The van der Waals surface area contributed by atoms with Crippen molar-refractivity contribution in [2.75, 3.05) is 11.5 Å². The molecule has 0 saturated carbocycles. The maximum absolute atomic E-state index is 13.3. The molecule has 0 bridgehead atoms. The number of rotatable bonds is 5.